The highest BCUT2D eigenvalue weighted by molar-refractivity contribution is 5.29. The molecule has 0 atom stereocenters. The lowest BCUT2D eigenvalue weighted by Crippen LogP contribution is -2.31. The summed E-state index contributed by atoms with van der Waals surface area (Å²) in [5.41, 5.74) is 1.41. The minimum Gasteiger partial charge on any atom is -0.508 e. The van der Waals surface area contributed by atoms with Crippen molar-refractivity contribution in [1.82, 2.24) is 10.3 Å². The highest BCUT2D eigenvalue weighted by Gasteiger charge is 2.09. The molecule has 1 heterocycles. The number of aromatic nitrogens is 3. The van der Waals surface area contributed by atoms with Crippen LogP contribution in [-0.2, 0) is 6.61 Å². The minimum atomic E-state index is -0.0957. The molecule has 5 nitrogen and oxygen atoms in total. The van der Waals surface area contributed by atoms with Gasteiger partial charge in [-0.2, -0.15) is 0 Å². The van der Waals surface area contributed by atoms with E-state index >= 15 is 0 Å². The van der Waals surface area contributed by atoms with Crippen LogP contribution >= 0.6 is 0 Å². The molecule has 0 radical (unpaired) electrons. The normalized spacial score (nSPS) is 10.4. The highest BCUT2D eigenvalue weighted by atomic mass is 16.3. The number of H-pyrrole nitrogens is 1. The molecule has 2 rings (SSSR count). The van der Waals surface area contributed by atoms with Gasteiger partial charge in [-0.15, -0.1) is 4.68 Å². The average molecular weight is 192 g/mol. The van der Waals surface area contributed by atoms with E-state index in [-0.39, 0.29) is 12.4 Å². The number of phenols is 1. The molecule has 0 fully saturated rings. The second-order valence-electron chi connectivity index (χ2n) is 2.88. The first-order valence-electron chi connectivity index (χ1n) is 4.16. The summed E-state index contributed by atoms with van der Waals surface area (Å²) in [6.07, 6.45) is 1.69. The van der Waals surface area contributed by atoms with Crippen molar-refractivity contribution in [3.63, 3.8) is 0 Å². The van der Waals surface area contributed by atoms with Crippen LogP contribution in [0.15, 0.2) is 30.5 Å². The molecule has 0 spiro atoms. The number of hydrogen-bond acceptors (Lipinski definition) is 3. The Hall–Kier alpha value is -1.88. The van der Waals surface area contributed by atoms with E-state index < -0.39 is 0 Å². The fourth-order valence-corrected chi connectivity index (χ4v) is 1.15. The Balaban J connectivity index is 2.34. The van der Waals surface area contributed by atoms with Crippen LogP contribution in [0.2, 0.25) is 0 Å². The van der Waals surface area contributed by atoms with Crippen molar-refractivity contribution in [2.24, 2.45) is 0 Å². The third-order valence-electron chi connectivity index (χ3n) is 1.87. The zero-order valence-corrected chi connectivity index (χ0v) is 7.38. The fourth-order valence-electron chi connectivity index (χ4n) is 1.15. The van der Waals surface area contributed by atoms with E-state index in [1.54, 1.807) is 35.1 Å². The van der Waals surface area contributed by atoms with Gasteiger partial charge in [0.25, 0.3) is 0 Å². The van der Waals surface area contributed by atoms with Gasteiger partial charge in [0.05, 0.1) is 0 Å². The van der Waals surface area contributed by atoms with Crippen molar-refractivity contribution >= 4 is 0 Å². The lowest BCUT2D eigenvalue weighted by Gasteiger charge is -1.93. The molecule has 1 aromatic carbocycles. The van der Waals surface area contributed by atoms with Gasteiger partial charge in [-0.1, -0.05) is 5.21 Å². The molecule has 0 aliphatic heterocycles. The van der Waals surface area contributed by atoms with Gasteiger partial charge in [0.15, 0.2) is 11.9 Å². The summed E-state index contributed by atoms with van der Waals surface area (Å²) >= 11 is 0. The second-order valence-corrected chi connectivity index (χ2v) is 2.88. The minimum absolute atomic E-state index is 0.0957. The standard InChI is InChI=1S/C9H9N3O2/c13-6-7-5-12(11-10-7)8-1-3-9(14)4-2-8/h1-5,13-14H,6H2/p+1. The fraction of sp³-hybridized carbons (Fsp3) is 0.111. The molecule has 0 bridgehead atoms. The molecule has 3 N–H and O–H groups in total. The molecular formula is C9H10N3O2+. The SMILES string of the molecule is OCc1c[n+](-c2ccc(O)cc2)[nH]n1. The van der Waals surface area contributed by atoms with Gasteiger partial charge < -0.3 is 10.2 Å². The Kier molecular flexibility index (Phi) is 2.16. The quantitative estimate of drug-likeness (QED) is 0.581. The van der Waals surface area contributed by atoms with Gasteiger partial charge in [-0.05, 0) is 24.3 Å². The summed E-state index contributed by atoms with van der Waals surface area (Å²) in [7, 11) is 0. The van der Waals surface area contributed by atoms with Crippen molar-refractivity contribution in [2.45, 2.75) is 6.61 Å². The van der Waals surface area contributed by atoms with Crippen LogP contribution in [0.25, 0.3) is 5.69 Å². The van der Waals surface area contributed by atoms with Gasteiger partial charge in [-0.25, -0.2) is 0 Å². The van der Waals surface area contributed by atoms with E-state index in [1.165, 1.54) is 0 Å². The molecule has 14 heavy (non-hydrogen) atoms. The Morgan fingerprint density at radius 3 is 2.57 bits per heavy atom. The molecular weight excluding hydrogens is 182 g/mol. The van der Waals surface area contributed by atoms with E-state index in [0.717, 1.165) is 5.69 Å². The van der Waals surface area contributed by atoms with Crippen molar-refractivity contribution in [2.75, 3.05) is 0 Å². The zero-order valence-electron chi connectivity index (χ0n) is 7.38. The Morgan fingerprint density at radius 1 is 1.29 bits per heavy atom. The summed E-state index contributed by atoms with van der Waals surface area (Å²) in [5, 5.41) is 24.5. The number of aliphatic hydroxyl groups is 1. The third kappa shape index (κ3) is 1.57. The summed E-state index contributed by atoms with van der Waals surface area (Å²) < 4.78 is 1.66. The maximum atomic E-state index is 9.08. The highest BCUT2D eigenvalue weighted by Crippen LogP contribution is 2.08. The number of benzene rings is 1. The second kappa shape index (κ2) is 3.47. The first kappa shape index (κ1) is 8.71. The maximum Gasteiger partial charge on any atom is 0.244 e. The third-order valence-corrected chi connectivity index (χ3v) is 1.87. The molecule has 0 saturated heterocycles. The summed E-state index contributed by atoms with van der Waals surface area (Å²) in [5.74, 6) is 0.219. The van der Waals surface area contributed by atoms with Crippen LogP contribution in [0.3, 0.4) is 0 Å². The number of aromatic amines is 1. The zero-order chi connectivity index (χ0) is 9.97. The molecule has 72 valence electrons. The average Bonchev–Trinajstić information content (AvgIpc) is 2.67. The maximum absolute atomic E-state index is 9.08. The Morgan fingerprint density at radius 2 is 2.00 bits per heavy atom. The number of nitrogens with one attached hydrogen (secondary N) is 1. The monoisotopic (exact) mass is 192 g/mol. The van der Waals surface area contributed by atoms with Crippen molar-refractivity contribution in [3.05, 3.63) is 36.2 Å². The molecule has 0 unspecified atom stereocenters. The first-order chi connectivity index (χ1) is 6.79. The van der Waals surface area contributed by atoms with Crippen LogP contribution in [0.4, 0.5) is 0 Å². The summed E-state index contributed by atoms with van der Waals surface area (Å²) in [4.78, 5) is 0. The number of aromatic hydroxyl groups is 1. The van der Waals surface area contributed by atoms with Gasteiger partial charge in [0, 0.05) is 5.10 Å². The Labute approximate surface area is 80.2 Å². The Bertz CT molecular complexity index is 422. The predicted octanol–water partition coefficient (Wildman–Crippen LogP) is -0.116. The molecule has 5 heteroatoms. The van der Waals surface area contributed by atoms with E-state index in [4.69, 9.17) is 10.2 Å². The van der Waals surface area contributed by atoms with Crippen molar-refractivity contribution in [3.8, 4) is 11.4 Å². The van der Waals surface area contributed by atoms with Crippen LogP contribution in [0, 0.1) is 0 Å². The molecule has 0 aliphatic rings. The number of phenolic OH excluding ortho intramolecular Hbond substituents is 1. The smallest absolute Gasteiger partial charge is 0.244 e. The van der Waals surface area contributed by atoms with Gasteiger partial charge in [-0.3, -0.25) is 0 Å². The van der Waals surface area contributed by atoms with E-state index in [9.17, 15) is 0 Å². The van der Waals surface area contributed by atoms with Crippen LogP contribution in [0.5, 0.6) is 5.75 Å². The van der Waals surface area contributed by atoms with E-state index in [2.05, 4.69) is 10.3 Å². The predicted molar refractivity (Wildman–Crippen MR) is 47.7 cm³/mol. The lowest BCUT2D eigenvalue weighted by molar-refractivity contribution is -0.659. The van der Waals surface area contributed by atoms with Crippen molar-refractivity contribution in [1.29, 1.82) is 0 Å². The van der Waals surface area contributed by atoms with Gasteiger partial charge in [0.2, 0.25) is 5.69 Å². The molecule has 0 amide bonds. The number of nitrogens with zero attached hydrogens (tertiary/aromatic N) is 2. The van der Waals surface area contributed by atoms with Gasteiger partial charge in [0.1, 0.15) is 12.4 Å². The summed E-state index contributed by atoms with van der Waals surface area (Å²) in [6, 6.07) is 6.66. The lowest BCUT2D eigenvalue weighted by atomic mass is 10.3. The van der Waals surface area contributed by atoms with Crippen molar-refractivity contribution < 1.29 is 14.9 Å². The first-order valence-corrected chi connectivity index (χ1v) is 4.16. The van der Waals surface area contributed by atoms with Crippen LogP contribution in [-0.4, -0.2) is 20.5 Å². The summed E-state index contributed by atoms with van der Waals surface area (Å²) in [6.45, 7) is -0.0957. The molecule has 0 aliphatic carbocycles. The molecule has 1 aromatic heterocycles. The van der Waals surface area contributed by atoms with Crippen LogP contribution in [0.1, 0.15) is 5.69 Å². The van der Waals surface area contributed by atoms with Gasteiger partial charge >= 0.3 is 0 Å². The number of hydrogen-bond donors (Lipinski definition) is 3. The molecule has 2 aromatic rings. The van der Waals surface area contributed by atoms with Crippen LogP contribution < -0.4 is 4.68 Å². The van der Waals surface area contributed by atoms with E-state index in [0.29, 0.717) is 5.69 Å². The molecule has 0 saturated carbocycles. The number of rotatable bonds is 2. The van der Waals surface area contributed by atoms with E-state index in [1.807, 2.05) is 0 Å². The topological polar surface area (TPSA) is 73.0 Å². The number of aliphatic hydroxyl groups excluding tert-OH is 1. The largest absolute Gasteiger partial charge is 0.508 e.